The van der Waals surface area contributed by atoms with E-state index in [0.717, 1.165) is 19.3 Å². The Labute approximate surface area is 95.9 Å². The highest BCUT2D eigenvalue weighted by molar-refractivity contribution is 6.08. The van der Waals surface area contributed by atoms with Gasteiger partial charge in [-0.25, -0.2) is 0 Å². The van der Waals surface area contributed by atoms with Crippen LogP contribution in [0, 0.1) is 0 Å². The maximum absolute atomic E-state index is 3.39. The fraction of sp³-hybridized carbons (Fsp3) is 0.500. The highest BCUT2D eigenvalue weighted by Crippen LogP contribution is 1.94. The van der Waals surface area contributed by atoms with Gasteiger partial charge < -0.3 is 10.6 Å². The van der Waals surface area contributed by atoms with Crippen molar-refractivity contribution >= 4 is 10.2 Å². The summed E-state index contributed by atoms with van der Waals surface area (Å²) in [6, 6.07) is 10.6. The highest BCUT2D eigenvalue weighted by Gasteiger charge is 1.94. The van der Waals surface area contributed by atoms with Crippen LogP contribution in [0.1, 0.15) is 18.4 Å². The number of hydrogen-bond acceptors (Lipinski definition) is 1. The van der Waals surface area contributed by atoms with Gasteiger partial charge in [0.2, 0.25) is 0 Å². The minimum atomic E-state index is 0.897. The quantitative estimate of drug-likeness (QED) is 0.477. The molecule has 15 heavy (non-hydrogen) atoms. The van der Waals surface area contributed by atoms with Crippen LogP contribution in [0.25, 0.3) is 0 Å². The Hall–Kier alpha value is -0.643. The van der Waals surface area contributed by atoms with Gasteiger partial charge >= 0.3 is 0 Å². The molecule has 0 spiro atoms. The zero-order valence-electron chi connectivity index (χ0n) is 9.21. The van der Waals surface area contributed by atoms with Gasteiger partial charge in [-0.15, -0.1) is 0 Å². The van der Waals surface area contributed by atoms with Crippen LogP contribution in [0.3, 0.4) is 0 Å². The number of quaternary nitrogens is 1. The van der Waals surface area contributed by atoms with Crippen molar-refractivity contribution in [3.8, 4) is 0 Å². The Balaban J connectivity index is 1.93. The third kappa shape index (κ3) is 6.44. The molecule has 3 heteroatoms. The number of nitrogens with two attached hydrogens (primary N) is 1. The Bertz CT molecular complexity index is 239. The van der Waals surface area contributed by atoms with Gasteiger partial charge in [0.15, 0.2) is 0 Å². The molecule has 81 valence electrons. The zero-order valence-corrected chi connectivity index (χ0v) is 10.2. The molecule has 0 fully saturated rings. The predicted molar refractivity (Wildman–Crippen MR) is 64.8 cm³/mol. The fourth-order valence-corrected chi connectivity index (χ4v) is 1.69. The SMILES string of the molecule is [Si]CNCCCC[NH2+]Cc1ccccc1. The summed E-state index contributed by atoms with van der Waals surface area (Å²) in [6.07, 6.45) is 3.44. The molecule has 0 bridgehead atoms. The molecule has 0 unspecified atom stereocenters. The lowest BCUT2D eigenvalue weighted by Gasteiger charge is -2.02. The highest BCUT2D eigenvalue weighted by atomic mass is 28.1. The number of benzene rings is 1. The van der Waals surface area contributed by atoms with E-state index in [1.165, 1.54) is 24.9 Å². The van der Waals surface area contributed by atoms with Crippen LogP contribution in [0.2, 0.25) is 0 Å². The van der Waals surface area contributed by atoms with Crippen LogP contribution >= 0.6 is 0 Å². The van der Waals surface area contributed by atoms with Crippen LogP contribution < -0.4 is 10.6 Å². The lowest BCUT2D eigenvalue weighted by Crippen LogP contribution is -2.82. The Morgan fingerprint density at radius 3 is 2.67 bits per heavy atom. The molecule has 0 amide bonds. The number of nitrogens with one attached hydrogen (secondary N) is 1. The van der Waals surface area contributed by atoms with Gasteiger partial charge in [0, 0.05) is 15.8 Å². The molecule has 0 aliphatic carbocycles. The molecule has 3 radical (unpaired) electrons. The number of hydrogen-bond donors (Lipinski definition) is 2. The molecule has 2 nitrogen and oxygen atoms in total. The second-order valence-electron chi connectivity index (χ2n) is 3.65. The topological polar surface area (TPSA) is 28.6 Å². The van der Waals surface area contributed by atoms with Crippen molar-refractivity contribution in [3.05, 3.63) is 35.9 Å². The zero-order chi connectivity index (χ0) is 10.8. The van der Waals surface area contributed by atoms with Crippen LogP contribution in [-0.4, -0.2) is 29.5 Å². The van der Waals surface area contributed by atoms with Gasteiger partial charge in [0.1, 0.15) is 6.54 Å². The summed E-state index contributed by atoms with van der Waals surface area (Å²) in [7, 11) is 3.39. The second-order valence-corrected chi connectivity index (χ2v) is 4.00. The largest absolute Gasteiger partial charge is 0.343 e. The van der Waals surface area contributed by atoms with E-state index in [2.05, 4.69) is 51.2 Å². The molecule has 0 atom stereocenters. The van der Waals surface area contributed by atoms with Gasteiger partial charge in [-0.3, -0.25) is 0 Å². The van der Waals surface area contributed by atoms with Gasteiger partial charge in [0.25, 0.3) is 0 Å². The molecule has 1 aromatic carbocycles. The molecule has 0 saturated carbocycles. The lowest BCUT2D eigenvalue weighted by molar-refractivity contribution is -0.670. The van der Waals surface area contributed by atoms with Crippen molar-refractivity contribution in [2.75, 3.05) is 19.3 Å². The summed E-state index contributed by atoms with van der Waals surface area (Å²) < 4.78 is 0. The van der Waals surface area contributed by atoms with Crippen molar-refractivity contribution in [1.29, 1.82) is 0 Å². The maximum Gasteiger partial charge on any atom is 0.101 e. The molecule has 0 heterocycles. The summed E-state index contributed by atoms with van der Waals surface area (Å²) in [4.78, 5) is 0. The van der Waals surface area contributed by atoms with E-state index in [0.29, 0.717) is 0 Å². The molecule has 0 aromatic heterocycles. The standard InChI is InChI=1S/C12H19N2Si/c15-11-14-9-5-4-8-13-10-12-6-2-1-3-7-12/h1-3,6-7,13-14H,4-5,8-11H2/p+1. The smallest absolute Gasteiger partial charge is 0.101 e. The lowest BCUT2D eigenvalue weighted by atomic mass is 10.2. The van der Waals surface area contributed by atoms with Crippen molar-refractivity contribution in [1.82, 2.24) is 5.32 Å². The first-order valence-corrected chi connectivity index (χ1v) is 6.35. The molecule has 3 N–H and O–H groups in total. The molecular weight excluding hydrogens is 200 g/mol. The minimum absolute atomic E-state index is 0.897. The average molecular weight is 220 g/mol. The summed E-state index contributed by atoms with van der Waals surface area (Å²) in [6.45, 7) is 3.44. The first kappa shape index (κ1) is 12.4. The van der Waals surface area contributed by atoms with Gasteiger partial charge in [-0.1, -0.05) is 30.3 Å². The molecule has 0 saturated heterocycles. The molecule has 1 rings (SSSR count). The monoisotopic (exact) mass is 220 g/mol. The van der Waals surface area contributed by atoms with Gasteiger partial charge in [-0.05, 0) is 25.6 Å². The van der Waals surface area contributed by atoms with E-state index in [-0.39, 0.29) is 0 Å². The first-order chi connectivity index (χ1) is 7.43. The molecular formula is C12H20N2Si+. The van der Waals surface area contributed by atoms with Crippen LogP contribution in [0.4, 0.5) is 0 Å². The van der Waals surface area contributed by atoms with Crippen LogP contribution in [0.5, 0.6) is 0 Å². The van der Waals surface area contributed by atoms with Gasteiger partial charge in [-0.2, -0.15) is 0 Å². The molecule has 1 aromatic rings. The van der Waals surface area contributed by atoms with E-state index in [4.69, 9.17) is 0 Å². The summed E-state index contributed by atoms with van der Waals surface area (Å²) >= 11 is 0. The minimum Gasteiger partial charge on any atom is -0.343 e. The third-order valence-electron chi connectivity index (χ3n) is 2.36. The summed E-state index contributed by atoms with van der Waals surface area (Å²) in [5.74, 6) is 0. The third-order valence-corrected chi connectivity index (χ3v) is 2.61. The van der Waals surface area contributed by atoms with Crippen molar-refractivity contribution < 1.29 is 5.32 Å². The number of rotatable bonds is 8. The van der Waals surface area contributed by atoms with Crippen LogP contribution in [0.15, 0.2) is 30.3 Å². The maximum atomic E-state index is 3.39. The van der Waals surface area contributed by atoms with Crippen molar-refractivity contribution in [2.24, 2.45) is 0 Å². The van der Waals surface area contributed by atoms with Crippen molar-refractivity contribution in [3.63, 3.8) is 0 Å². The second kappa shape index (κ2) is 8.65. The van der Waals surface area contributed by atoms with Crippen molar-refractivity contribution in [2.45, 2.75) is 19.4 Å². The first-order valence-electron chi connectivity index (χ1n) is 5.64. The molecule has 0 aliphatic rings. The average Bonchev–Trinajstić information content (AvgIpc) is 2.29. The predicted octanol–water partition coefficient (Wildman–Crippen LogP) is 0.246. The summed E-state index contributed by atoms with van der Waals surface area (Å²) in [5, 5.41) is 5.63. The van der Waals surface area contributed by atoms with Gasteiger partial charge in [0.05, 0.1) is 6.54 Å². The van der Waals surface area contributed by atoms with E-state index < -0.39 is 0 Å². The Kier molecular flexibility index (Phi) is 7.16. The van der Waals surface area contributed by atoms with E-state index in [9.17, 15) is 0 Å². The Morgan fingerprint density at radius 2 is 1.93 bits per heavy atom. The number of unbranched alkanes of at least 4 members (excludes halogenated alkanes) is 1. The van der Waals surface area contributed by atoms with E-state index in [1.807, 2.05) is 0 Å². The van der Waals surface area contributed by atoms with E-state index >= 15 is 0 Å². The fourth-order valence-electron chi connectivity index (χ4n) is 1.51. The Morgan fingerprint density at radius 1 is 1.13 bits per heavy atom. The molecule has 0 aliphatic heterocycles. The van der Waals surface area contributed by atoms with Crippen LogP contribution in [-0.2, 0) is 6.54 Å². The summed E-state index contributed by atoms with van der Waals surface area (Å²) in [5.41, 5.74) is 1.41. The van der Waals surface area contributed by atoms with E-state index in [1.54, 1.807) is 0 Å². The normalized spacial score (nSPS) is 10.5.